The summed E-state index contributed by atoms with van der Waals surface area (Å²) in [7, 11) is 0. The van der Waals surface area contributed by atoms with Crippen LogP contribution < -0.4 is 0 Å². The molecule has 0 amide bonds. The molecule has 2 aliphatic rings. The van der Waals surface area contributed by atoms with E-state index in [2.05, 4.69) is 11.3 Å². The minimum Gasteiger partial charge on any atom is -0.458 e. The molecule has 1 heterocycles. The molecule has 1 saturated heterocycles. The van der Waals surface area contributed by atoms with E-state index in [4.69, 9.17) is 14.7 Å². The van der Waals surface area contributed by atoms with Crippen molar-refractivity contribution in [2.24, 2.45) is 11.8 Å². The first-order valence-electron chi connectivity index (χ1n) is 6.14. The minimum absolute atomic E-state index is 0.293. The number of hydrogen-bond acceptors (Lipinski definition) is 7. The van der Waals surface area contributed by atoms with E-state index in [0.29, 0.717) is 12.8 Å². The lowest BCUT2D eigenvalue weighted by atomic mass is 9.80. The zero-order valence-electron chi connectivity index (χ0n) is 10.6. The molecular weight excluding hydrogens is 266 g/mol. The average Bonchev–Trinajstić information content (AvgIpc) is 2.75. The third kappa shape index (κ3) is 2.79. The standard InChI is InChI=1S/C13H13NO6/c1-2-10(15)18-6-11(16)20-12-8(5-14)3-7-4-9(12)19-13(7)17/h2,7-9,12H,1,3-4,6H2. The molecular formula is C13H13NO6. The van der Waals surface area contributed by atoms with Crippen LogP contribution in [0, 0.1) is 23.2 Å². The van der Waals surface area contributed by atoms with Crippen LogP contribution in [0.1, 0.15) is 12.8 Å². The first kappa shape index (κ1) is 14.1. The molecule has 2 bridgehead atoms. The Morgan fingerprint density at radius 3 is 2.90 bits per heavy atom. The highest BCUT2D eigenvalue weighted by atomic mass is 16.6. The molecule has 7 nitrogen and oxygen atoms in total. The van der Waals surface area contributed by atoms with E-state index < -0.39 is 36.7 Å². The predicted octanol–water partition coefficient (Wildman–Crippen LogP) is 0.103. The lowest BCUT2D eigenvalue weighted by Gasteiger charge is -2.29. The number of nitriles is 1. The van der Waals surface area contributed by atoms with Gasteiger partial charge in [-0.3, -0.25) is 4.79 Å². The third-order valence-corrected chi connectivity index (χ3v) is 3.35. The number of carbonyl (C=O) groups is 3. The molecule has 0 N–H and O–H groups in total. The summed E-state index contributed by atoms with van der Waals surface area (Å²) in [4.78, 5) is 33.8. The summed E-state index contributed by atoms with van der Waals surface area (Å²) < 4.78 is 14.7. The van der Waals surface area contributed by atoms with E-state index in [-0.39, 0.29) is 11.9 Å². The Morgan fingerprint density at radius 2 is 2.25 bits per heavy atom. The number of rotatable bonds is 4. The Bertz CT molecular complexity index is 494. The molecule has 0 aromatic heterocycles. The van der Waals surface area contributed by atoms with Crippen LogP contribution in [0.2, 0.25) is 0 Å². The van der Waals surface area contributed by atoms with E-state index in [0.717, 1.165) is 6.08 Å². The normalized spacial score (nSPS) is 30.9. The Kier molecular flexibility index (Phi) is 4.03. The maximum atomic E-state index is 11.6. The number of esters is 3. The summed E-state index contributed by atoms with van der Waals surface area (Å²) in [6.07, 6.45) is 0.287. The molecule has 4 unspecified atom stereocenters. The van der Waals surface area contributed by atoms with Gasteiger partial charge in [0.1, 0.15) is 6.10 Å². The molecule has 1 aliphatic heterocycles. The maximum absolute atomic E-state index is 11.6. The first-order chi connectivity index (χ1) is 9.55. The van der Waals surface area contributed by atoms with E-state index in [9.17, 15) is 14.4 Å². The number of hydrogen-bond donors (Lipinski definition) is 0. The summed E-state index contributed by atoms with van der Waals surface area (Å²) in [5.74, 6) is -2.77. The number of nitrogens with zero attached hydrogens (tertiary/aromatic N) is 1. The summed E-state index contributed by atoms with van der Waals surface area (Å²) in [5.41, 5.74) is 0. The minimum atomic E-state index is -0.808. The second-order valence-corrected chi connectivity index (χ2v) is 4.65. The van der Waals surface area contributed by atoms with Gasteiger partial charge in [-0.25, -0.2) is 9.59 Å². The Labute approximate surface area is 115 Å². The monoisotopic (exact) mass is 279 g/mol. The van der Waals surface area contributed by atoms with Crippen molar-refractivity contribution in [3.8, 4) is 6.07 Å². The molecule has 4 atom stereocenters. The van der Waals surface area contributed by atoms with Crippen molar-refractivity contribution >= 4 is 17.9 Å². The lowest BCUT2D eigenvalue weighted by molar-refractivity contribution is -0.169. The molecule has 1 saturated carbocycles. The van der Waals surface area contributed by atoms with Crippen molar-refractivity contribution in [1.29, 1.82) is 5.26 Å². The van der Waals surface area contributed by atoms with Gasteiger partial charge >= 0.3 is 17.9 Å². The zero-order valence-corrected chi connectivity index (χ0v) is 10.6. The van der Waals surface area contributed by atoms with Gasteiger partial charge in [-0.15, -0.1) is 0 Å². The van der Waals surface area contributed by atoms with Crippen molar-refractivity contribution in [1.82, 2.24) is 0 Å². The van der Waals surface area contributed by atoms with E-state index in [1.165, 1.54) is 0 Å². The second-order valence-electron chi connectivity index (χ2n) is 4.65. The summed E-state index contributed by atoms with van der Waals surface area (Å²) >= 11 is 0. The fourth-order valence-electron chi connectivity index (χ4n) is 2.42. The van der Waals surface area contributed by atoms with Crippen LogP contribution in [0.25, 0.3) is 0 Å². The fourth-order valence-corrected chi connectivity index (χ4v) is 2.42. The third-order valence-electron chi connectivity index (χ3n) is 3.35. The van der Waals surface area contributed by atoms with Crippen LogP contribution in [0.4, 0.5) is 0 Å². The maximum Gasteiger partial charge on any atom is 0.344 e. The number of carbonyl (C=O) groups excluding carboxylic acids is 3. The molecule has 0 radical (unpaired) electrons. The molecule has 0 spiro atoms. The van der Waals surface area contributed by atoms with Gasteiger partial charge in [0.15, 0.2) is 12.7 Å². The van der Waals surface area contributed by atoms with E-state index in [1.807, 2.05) is 6.07 Å². The van der Waals surface area contributed by atoms with E-state index in [1.54, 1.807) is 0 Å². The molecule has 106 valence electrons. The lowest BCUT2D eigenvalue weighted by Crippen LogP contribution is -2.41. The summed E-state index contributed by atoms with van der Waals surface area (Å²) in [6.45, 7) is 2.63. The van der Waals surface area contributed by atoms with Crippen molar-refractivity contribution in [2.75, 3.05) is 6.61 Å². The van der Waals surface area contributed by atoms with Crippen molar-refractivity contribution in [2.45, 2.75) is 25.0 Å². The predicted molar refractivity (Wildman–Crippen MR) is 62.7 cm³/mol. The van der Waals surface area contributed by atoms with Gasteiger partial charge in [-0.2, -0.15) is 5.26 Å². The van der Waals surface area contributed by atoms with Crippen LogP contribution in [-0.4, -0.2) is 36.7 Å². The highest BCUT2D eigenvalue weighted by Crippen LogP contribution is 2.39. The van der Waals surface area contributed by atoms with Crippen LogP contribution in [0.3, 0.4) is 0 Å². The van der Waals surface area contributed by atoms with Crippen molar-refractivity contribution in [3.05, 3.63) is 12.7 Å². The van der Waals surface area contributed by atoms with Crippen molar-refractivity contribution in [3.63, 3.8) is 0 Å². The Morgan fingerprint density at radius 1 is 1.50 bits per heavy atom. The van der Waals surface area contributed by atoms with Gasteiger partial charge in [-0.1, -0.05) is 6.58 Å². The fraction of sp³-hybridized carbons (Fsp3) is 0.538. The van der Waals surface area contributed by atoms with Crippen molar-refractivity contribution < 1.29 is 28.6 Å². The smallest absolute Gasteiger partial charge is 0.344 e. The average molecular weight is 279 g/mol. The topological polar surface area (TPSA) is 103 Å². The SMILES string of the molecule is C=CC(=O)OCC(=O)OC1C(C#N)CC2CC1OC2=O. The molecule has 7 heteroatoms. The van der Waals surface area contributed by atoms with Gasteiger partial charge in [-0.05, 0) is 6.42 Å². The van der Waals surface area contributed by atoms with Gasteiger partial charge in [0.2, 0.25) is 0 Å². The van der Waals surface area contributed by atoms with Gasteiger partial charge in [0.05, 0.1) is 17.9 Å². The molecule has 20 heavy (non-hydrogen) atoms. The first-order valence-corrected chi connectivity index (χ1v) is 6.14. The quantitative estimate of drug-likeness (QED) is 0.408. The van der Waals surface area contributed by atoms with Gasteiger partial charge in [0.25, 0.3) is 0 Å². The molecule has 0 aromatic carbocycles. The largest absolute Gasteiger partial charge is 0.458 e. The molecule has 2 rings (SSSR count). The molecule has 2 fully saturated rings. The number of fused-ring (bicyclic) bond motifs is 2. The molecule has 0 aromatic rings. The number of ether oxygens (including phenoxy) is 3. The summed E-state index contributed by atoms with van der Waals surface area (Å²) in [6, 6.07) is 2.02. The van der Waals surface area contributed by atoms with Gasteiger partial charge < -0.3 is 14.2 Å². The Hall–Kier alpha value is -2.36. The zero-order chi connectivity index (χ0) is 14.7. The van der Waals surface area contributed by atoms with Crippen LogP contribution in [0.15, 0.2) is 12.7 Å². The van der Waals surface area contributed by atoms with Gasteiger partial charge in [0, 0.05) is 12.5 Å². The van der Waals surface area contributed by atoms with Crippen LogP contribution in [-0.2, 0) is 28.6 Å². The second kappa shape index (κ2) is 5.74. The van der Waals surface area contributed by atoms with Crippen LogP contribution >= 0.6 is 0 Å². The Balaban J connectivity index is 1.95. The van der Waals surface area contributed by atoms with E-state index >= 15 is 0 Å². The summed E-state index contributed by atoms with van der Waals surface area (Å²) in [5, 5.41) is 9.07. The highest BCUT2D eigenvalue weighted by Gasteiger charge is 2.50. The highest BCUT2D eigenvalue weighted by molar-refractivity contribution is 5.83. The van der Waals surface area contributed by atoms with Crippen LogP contribution in [0.5, 0.6) is 0 Å². The molecule has 1 aliphatic carbocycles.